The molecule has 24 heavy (non-hydrogen) atoms. The van der Waals surface area contributed by atoms with Gasteiger partial charge in [-0.15, -0.1) is 24.2 Å². The molecule has 0 aliphatic rings. The lowest BCUT2D eigenvalue weighted by atomic mass is 10.0. The SMILES string of the molecule is Cl.NCCSc1ccc2[nH]c(=O)c3[nH]cc(CCC(=O)O)c3c2c1. The number of nitrogens with two attached hydrogens (primary N) is 1. The molecule has 0 aliphatic carbocycles. The number of carboxylic acid groups (broad SMARTS) is 1. The number of halogens is 1. The van der Waals surface area contributed by atoms with E-state index in [1.807, 2.05) is 18.2 Å². The number of nitrogens with one attached hydrogen (secondary N) is 2. The number of benzene rings is 1. The van der Waals surface area contributed by atoms with Gasteiger partial charge in [0, 0.05) is 46.1 Å². The summed E-state index contributed by atoms with van der Waals surface area (Å²) < 4.78 is 0. The first kappa shape index (κ1) is 18.4. The molecule has 0 fully saturated rings. The normalized spacial score (nSPS) is 10.9. The number of hydrogen-bond donors (Lipinski definition) is 4. The van der Waals surface area contributed by atoms with Gasteiger partial charge in [-0.2, -0.15) is 0 Å². The van der Waals surface area contributed by atoms with E-state index in [0.29, 0.717) is 18.5 Å². The highest BCUT2D eigenvalue weighted by atomic mass is 35.5. The summed E-state index contributed by atoms with van der Waals surface area (Å²) in [6, 6.07) is 5.85. The molecule has 1 aromatic carbocycles. The maximum atomic E-state index is 12.2. The molecule has 0 saturated heterocycles. The Morgan fingerprint density at radius 2 is 2.12 bits per heavy atom. The average Bonchev–Trinajstić information content (AvgIpc) is 2.96. The van der Waals surface area contributed by atoms with Gasteiger partial charge in [0.25, 0.3) is 5.56 Å². The van der Waals surface area contributed by atoms with E-state index in [4.69, 9.17) is 10.8 Å². The van der Waals surface area contributed by atoms with Gasteiger partial charge >= 0.3 is 5.97 Å². The number of aromatic amines is 2. The van der Waals surface area contributed by atoms with Crippen molar-refractivity contribution in [2.24, 2.45) is 5.73 Å². The minimum atomic E-state index is -0.854. The first-order valence-electron chi connectivity index (χ1n) is 7.31. The second-order valence-corrected chi connectivity index (χ2v) is 6.42. The van der Waals surface area contributed by atoms with Gasteiger partial charge in [0.05, 0.1) is 0 Å². The van der Waals surface area contributed by atoms with Crippen molar-refractivity contribution < 1.29 is 9.90 Å². The van der Waals surface area contributed by atoms with Crippen molar-refractivity contribution in [3.63, 3.8) is 0 Å². The Morgan fingerprint density at radius 3 is 2.83 bits per heavy atom. The number of pyridine rings is 1. The number of aliphatic carboxylic acids is 1. The van der Waals surface area contributed by atoms with E-state index in [0.717, 1.165) is 32.5 Å². The lowest BCUT2D eigenvalue weighted by Crippen LogP contribution is -2.06. The molecule has 0 spiro atoms. The molecule has 3 rings (SSSR count). The fourth-order valence-corrected chi connectivity index (χ4v) is 3.40. The summed E-state index contributed by atoms with van der Waals surface area (Å²) in [5.74, 6) is -0.0375. The maximum Gasteiger partial charge on any atom is 0.303 e. The Kier molecular flexibility index (Phi) is 5.93. The Balaban J connectivity index is 0.00000208. The zero-order valence-corrected chi connectivity index (χ0v) is 14.4. The number of aryl methyl sites for hydroxylation is 1. The van der Waals surface area contributed by atoms with Crippen molar-refractivity contribution in [1.29, 1.82) is 0 Å². The van der Waals surface area contributed by atoms with Crippen LogP contribution in [0.3, 0.4) is 0 Å². The Bertz CT molecular complexity index is 935. The third-order valence-electron chi connectivity index (χ3n) is 3.69. The number of H-pyrrole nitrogens is 2. The van der Waals surface area contributed by atoms with Crippen LogP contribution in [0, 0.1) is 0 Å². The van der Waals surface area contributed by atoms with Crippen molar-refractivity contribution in [3.8, 4) is 0 Å². The summed E-state index contributed by atoms with van der Waals surface area (Å²) in [4.78, 5) is 29.9. The molecule has 0 unspecified atom stereocenters. The van der Waals surface area contributed by atoms with Crippen LogP contribution in [0.2, 0.25) is 0 Å². The van der Waals surface area contributed by atoms with Crippen molar-refractivity contribution in [3.05, 3.63) is 40.3 Å². The fraction of sp³-hybridized carbons (Fsp3) is 0.250. The number of thioether (sulfide) groups is 1. The lowest BCUT2D eigenvalue weighted by Gasteiger charge is -2.06. The number of hydrogen-bond acceptors (Lipinski definition) is 4. The summed E-state index contributed by atoms with van der Waals surface area (Å²) >= 11 is 1.65. The Hall–Kier alpha value is -1.96. The van der Waals surface area contributed by atoms with E-state index in [-0.39, 0.29) is 24.4 Å². The van der Waals surface area contributed by atoms with Gasteiger partial charge < -0.3 is 20.8 Å². The predicted octanol–water partition coefficient (Wildman–Crippen LogP) is 2.50. The molecule has 0 aliphatic heterocycles. The van der Waals surface area contributed by atoms with Crippen molar-refractivity contribution in [1.82, 2.24) is 9.97 Å². The second kappa shape index (κ2) is 7.74. The van der Waals surface area contributed by atoms with Gasteiger partial charge in [-0.25, -0.2) is 0 Å². The molecule has 2 heterocycles. The van der Waals surface area contributed by atoms with E-state index in [9.17, 15) is 9.59 Å². The zero-order valence-electron chi connectivity index (χ0n) is 12.8. The van der Waals surface area contributed by atoms with E-state index in [1.165, 1.54) is 0 Å². The molecule has 0 radical (unpaired) electrons. The topological polar surface area (TPSA) is 112 Å². The van der Waals surface area contributed by atoms with Crippen LogP contribution >= 0.6 is 24.2 Å². The number of carbonyl (C=O) groups is 1. The molecule has 3 aromatic rings. The highest BCUT2D eigenvalue weighted by molar-refractivity contribution is 7.99. The third kappa shape index (κ3) is 3.58. The van der Waals surface area contributed by atoms with Gasteiger partial charge in [-0.3, -0.25) is 9.59 Å². The van der Waals surface area contributed by atoms with Crippen molar-refractivity contribution >= 4 is 51.9 Å². The van der Waals surface area contributed by atoms with Gasteiger partial charge in [0.1, 0.15) is 5.52 Å². The summed E-state index contributed by atoms with van der Waals surface area (Å²) in [6.07, 6.45) is 2.14. The Morgan fingerprint density at radius 1 is 1.33 bits per heavy atom. The minimum absolute atomic E-state index is 0. The molecule has 0 atom stereocenters. The molecule has 0 amide bonds. The fourth-order valence-electron chi connectivity index (χ4n) is 2.68. The zero-order chi connectivity index (χ0) is 16.4. The number of fused-ring (bicyclic) bond motifs is 3. The van der Waals surface area contributed by atoms with Crippen molar-refractivity contribution in [2.75, 3.05) is 12.3 Å². The van der Waals surface area contributed by atoms with Crippen LogP contribution in [0.5, 0.6) is 0 Å². The maximum absolute atomic E-state index is 12.2. The smallest absolute Gasteiger partial charge is 0.303 e. The lowest BCUT2D eigenvalue weighted by molar-refractivity contribution is -0.136. The summed E-state index contributed by atoms with van der Waals surface area (Å²) in [5, 5.41) is 10.6. The van der Waals surface area contributed by atoms with Crippen LogP contribution in [-0.4, -0.2) is 33.3 Å². The number of aromatic nitrogens is 2. The minimum Gasteiger partial charge on any atom is -0.481 e. The third-order valence-corrected chi connectivity index (χ3v) is 4.72. The van der Waals surface area contributed by atoms with Gasteiger partial charge in [-0.1, -0.05) is 0 Å². The standard InChI is InChI=1S/C16H17N3O3S.ClH/c17-5-6-23-10-2-3-12-11(7-10)14-9(1-4-13(20)21)8-18-15(14)16(22)19-12;/h2-3,7-8,18H,1,4-6,17H2,(H,19,22)(H,20,21);1H. The number of carboxylic acids is 1. The summed E-state index contributed by atoms with van der Waals surface area (Å²) in [6.45, 7) is 0.595. The molecule has 0 bridgehead atoms. The summed E-state index contributed by atoms with van der Waals surface area (Å²) in [5.41, 5.74) is 7.43. The van der Waals surface area contributed by atoms with Gasteiger partial charge in [0.2, 0.25) is 0 Å². The van der Waals surface area contributed by atoms with E-state index >= 15 is 0 Å². The van der Waals surface area contributed by atoms with E-state index < -0.39 is 5.97 Å². The van der Waals surface area contributed by atoms with Crippen molar-refractivity contribution in [2.45, 2.75) is 17.7 Å². The van der Waals surface area contributed by atoms with Crippen LogP contribution in [0.15, 0.2) is 34.1 Å². The average molecular weight is 368 g/mol. The monoisotopic (exact) mass is 367 g/mol. The van der Waals surface area contributed by atoms with Gasteiger partial charge in [0.15, 0.2) is 0 Å². The summed E-state index contributed by atoms with van der Waals surface area (Å²) in [7, 11) is 0. The highest BCUT2D eigenvalue weighted by Gasteiger charge is 2.13. The molecular weight excluding hydrogens is 350 g/mol. The first-order valence-corrected chi connectivity index (χ1v) is 8.29. The first-order chi connectivity index (χ1) is 11.1. The molecule has 128 valence electrons. The second-order valence-electron chi connectivity index (χ2n) is 5.26. The quantitative estimate of drug-likeness (QED) is 0.500. The molecule has 8 heteroatoms. The largest absolute Gasteiger partial charge is 0.481 e. The molecule has 6 nitrogen and oxygen atoms in total. The molecular formula is C16H18ClN3O3S. The van der Waals surface area contributed by atoms with Crippen LogP contribution in [0.1, 0.15) is 12.0 Å². The van der Waals surface area contributed by atoms with Crippen LogP contribution in [-0.2, 0) is 11.2 Å². The molecule has 0 saturated carbocycles. The van der Waals surface area contributed by atoms with Crippen LogP contribution in [0.4, 0.5) is 0 Å². The Labute approximate surface area is 148 Å². The van der Waals surface area contributed by atoms with Crippen LogP contribution < -0.4 is 11.3 Å². The molecule has 2 aromatic heterocycles. The van der Waals surface area contributed by atoms with Crippen LogP contribution in [0.25, 0.3) is 21.8 Å². The number of rotatable bonds is 6. The molecule has 5 N–H and O–H groups in total. The predicted molar refractivity (Wildman–Crippen MR) is 99.4 cm³/mol. The highest BCUT2D eigenvalue weighted by Crippen LogP contribution is 2.29. The van der Waals surface area contributed by atoms with Gasteiger partial charge in [-0.05, 0) is 30.2 Å². The van der Waals surface area contributed by atoms with E-state index in [1.54, 1.807) is 18.0 Å². The van der Waals surface area contributed by atoms with E-state index in [2.05, 4.69) is 9.97 Å².